The molecule has 0 radical (unpaired) electrons. The van der Waals surface area contributed by atoms with Gasteiger partial charge in [0.1, 0.15) is 5.82 Å². The van der Waals surface area contributed by atoms with Crippen molar-refractivity contribution in [3.8, 4) is 0 Å². The molecule has 1 fully saturated rings. The first-order valence-electron chi connectivity index (χ1n) is 8.04. The van der Waals surface area contributed by atoms with Gasteiger partial charge in [0.25, 0.3) is 0 Å². The normalized spacial score (nSPS) is 18.5. The number of rotatable bonds is 3. The van der Waals surface area contributed by atoms with Crippen LogP contribution in [0.2, 0.25) is 0 Å². The number of nitrogens with zero attached hydrogens (tertiary/aromatic N) is 3. The van der Waals surface area contributed by atoms with E-state index in [0.29, 0.717) is 0 Å². The van der Waals surface area contributed by atoms with E-state index in [4.69, 9.17) is 4.74 Å². The molecule has 0 spiro atoms. The Morgan fingerprint density at radius 1 is 1.22 bits per heavy atom. The number of hydrogen-bond donors (Lipinski definition) is 1. The highest BCUT2D eigenvalue weighted by Crippen LogP contribution is 2.21. The summed E-state index contributed by atoms with van der Waals surface area (Å²) in [4.78, 5) is 6.85. The Morgan fingerprint density at radius 2 is 2.09 bits per heavy atom. The number of morpholine rings is 1. The summed E-state index contributed by atoms with van der Waals surface area (Å²) in [5, 5.41) is 10.00. The van der Waals surface area contributed by atoms with Gasteiger partial charge in [-0.3, -0.25) is 5.10 Å². The molecule has 2 aromatic carbocycles. The Hall–Kier alpha value is -2.40. The van der Waals surface area contributed by atoms with E-state index in [1.807, 2.05) is 0 Å². The van der Waals surface area contributed by atoms with Crippen LogP contribution in [0.1, 0.15) is 18.3 Å². The van der Waals surface area contributed by atoms with Crippen LogP contribution in [0, 0.1) is 0 Å². The molecular weight excluding hydrogens is 288 g/mol. The molecule has 1 N–H and O–H groups in total. The summed E-state index contributed by atoms with van der Waals surface area (Å²) in [5.41, 5.74) is 1.26. The molecule has 0 aliphatic carbocycles. The number of hydrogen-bond acceptors (Lipinski definition) is 4. The highest BCUT2D eigenvalue weighted by atomic mass is 16.5. The Morgan fingerprint density at radius 3 is 3.00 bits per heavy atom. The number of anilines is 1. The van der Waals surface area contributed by atoms with Gasteiger partial charge < -0.3 is 9.64 Å². The van der Waals surface area contributed by atoms with Gasteiger partial charge in [0.15, 0.2) is 0 Å². The molecule has 1 unspecified atom stereocenters. The van der Waals surface area contributed by atoms with Crippen molar-refractivity contribution >= 4 is 16.7 Å². The Balaban J connectivity index is 1.57. The third-order valence-corrected chi connectivity index (χ3v) is 4.28. The first-order valence-corrected chi connectivity index (χ1v) is 8.04. The molecule has 1 atom stereocenters. The van der Waals surface area contributed by atoms with Gasteiger partial charge in [-0.25, -0.2) is 0 Å². The second kappa shape index (κ2) is 6.01. The van der Waals surface area contributed by atoms with Crippen LogP contribution in [0.25, 0.3) is 10.8 Å². The van der Waals surface area contributed by atoms with Crippen LogP contribution in [0.5, 0.6) is 0 Å². The molecule has 0 saturated carbocycles. The van der Waals surface area contributed by atoms with Crippen molar-refractivity contribution in [1.29, 1.82) is 0 Å². The van der Waals surface area contributed by atoms with Gasteiger partial charge in [-0.15, -0.1) is 5.10 Å². The van der Waals surface area contributed by atoms with Gasteiger partial charge in [-0.1, -0.05) is 42.5 Å². The number of benzene rings is 2. The second-order valence-corrected chi connectivity index (χ2v) is 6.02. The maximum Gasteiger partial charge on any atom is 0.244 e. The quantitative estimate of drug-likeness (QED) is 0.808. The lowest BCUT2D eigenvalue weighted by molar-refractivity contribution is 0.0526. The van der Waals surface area contributed by atoms with E-state index < -0.39 is 0 Å². The maximum atomic E-state index is 5.57. The molecule has 1 aliphatic heterocycles. The first kappa shape index (κ1) is 14.2. The average molecular weight is 308 g/mol. The van der Waals surface area contributed by atoms with Crippen LogP contribution in [0.15, 0.2) is 42.5 Å². The minimum Gasteiger partial charge on any atom is -0.375 e. The van der Waals surface area contributed by atoms with Crippen LogP contribution >= 0.6 is 0 Å². The van der Waals surface area contributed by atoms with Crippen LogP contribution < -0.4 is 4.90 Å². The van der Waals surface area contributed by atoms with Crippen LogP contribution in [0.4, 0.5) is 5.95 Å². The molecule has 1 aromatic heterocycles. The SMILES string of the molecule is CC1CN(c2n[nH]c(Cc3cccc4ccccc34)n2)CCO1. The van der Waals surface area contributed by atoms with Crippen molar-refractivity contribution in [3.63, 3.8) is 0 Å². The molecule has 118 valence electrons. The van der Waals surface area contributed by atoms with Crippen molar-refractivity contribution in [2.45, 2.75) is 19.4 Å². The topological polar surface area (TPSA) is 54.0 Å². The van der Waals surface area contributed by atoms with E-state index in [1.165, 1.54) is 16.3 Å². The Kier molecular flexibility index (Phi) is 3.71. The minimum absolute atomic E-state index is 0.226. The van der Waals surface area contributed by atoms with E-state index in [-0.39, 0.29) is 6.10 Å². The minimum atomic E-state index is 0.226. The summed E-state index contributed by atoms with van der Waals surface area (Å²) in [6.45, 7) is 4.49. The molecule has 5 nitrogen and oxygen atoms in total. The standard InChI is InChI=1S/C18H20N4O/c1-13-12-22(9-10-23-13)18-19-17(20-21-18)11-15-7-4-6-14-5-2-3-8-16(14)15/h2-8,13H,9-12H2,1H3,(H,19,20,21). The highest BCUT2D eigenvalue weighted by molar-refractivity contribution is 5.85. The predicted molar refractivity (Wildman–Crippen MR) is 90.8 cm³/mol. The average Bonchev–Trinajstić information content (AvgIpc) is 3.04. The lowest BCUT2D eigenvalue weighted by Crippen LogP contribution is -2.41. The number of aromatic nitrogens is 3. The van der Waals surface area contributed by atoms with E-state index in [0.717, 1.165) is 37.9 Å². The third-order valence-electron chi connectivity index (χ3n) is 4.28. The zero-order valence-corrected chi connectivity index (χ0v) is 13.2. The second-order valence-electron chi connectivity index (χ2n) is 6.02. The summed E-state index contributed by atoms with van der Waals surface area (Å²) in [6, 6.07) is 14.8. The molecule has 5 heteroatoms. The molecule has 23 heavy (non-hydrogen) atoms. The smallest absolute Gasteiger partial charge is 0.244 e. The Bertz CT molecular complexity index is 808. The zero-order chi connectivity index (χ0) is 15.6. The molecule has 4 rings (SSSR count). The molecule has 0 bridgehead atoms. The Labute approximate surface area is 135 Å². The van der Waals surface area contributed by atoms with Crippen molar-refractivity contribution in [2.24, 2.45) is 0 Å². The van der Waals surface area contributed by atoms with Crippen LogP contribution in [-0.4, -0.2) is 41.0 Å². The number of ether oxygens (including phenoxy) is 1. The fourth-order valence-corrected chi connectivity index (χ4v) is 3.13. The summed E-state index contributed by atoms with van der Waals surface area (Å²) in [7, 11) is 0. The van der Waals surface area contributed by atoms with Crippen molar-refractivity contribution < 1.29 is 4.74 Å². The van der Waals surface area contributed by atoms with Crippen LogP contribution in [0.3, 0.4) is 0 Å². The van der Waals surface area contributed by atoms with Gasteiger partial charge in [-0.05, 0) is 23.3 Å². The van der Waals surface area contributed by atoms with E-state index in [2.05, 4.69) is 69.5 Å². The lowest BCUT2D eigenvalue weighted by atomic mass is 10.0. The number of aromatic amines is 1. The first-order chi connectivity index (χ1) is 11.3. The van der Waals surface area contributed by atoms with Gasteiger partial charge in [0.05, 0.1) is 12.7 Å². The molecule has 1 aliphatic rings. The van der Waals surface area contributed by atoms with Gasteiger partial charge in [0, 0.05) is 19.5 Å². The summed E-state index contributed by atoms with van der Waals surface area (Å²) < 4.78 is 5.57. The summed E-state index contributed by atoms with van der Waals surface area (Å²) in [5.74, 6) is 1.67. The monoisotopic (exact) mass is 308 g/mol. The van der Waals surface area contributed by atoms with Crippen molar-refractivity contribution in [1.82, 2.24) is 15.2 Å². The number of H-pyrrole nitrogens is 1. The van der Waals surface area contributed by atoms with E-state index >= 15 is 0 Å². The summed E-state index contributed by atoms with van der Waals surface area (Å²) >= 11 is 0. The lowest BCUT2D eigenvalue weighted by Gasteiger charge is -2.30. The predicted octanol–water partition coefficient (Wildman–Crippen LogP) is 2.77. The third kappa shape index (κ3) is 2.92. The zero-order valence-electron chi connectivity index (χ0n) is 13.2. The fourth-order valence-electron chi connectivity index (χ4n) is 3.13. The molecular formula is C18H20N4O. The van der Waals surface area contributed by atoms with Gasteiger partial charge in [-0.2, -0.15) is 4.98 Å². The van der Waals surface area contributed by atoms with E-state index in [1.54, 1.807) is 0 Å². The summed E-state index contributed by atoms with van der Waals surface area (Å²) in [6.07, 6.45) is 0.984. The maximum absolute atomic E-state index is 5.57. The molecule has 3 aromatic rings. The van der Waals surface area contributed by atoms with Crippen LogP contribution in [-0.2, 0) is 11.2 Å². The van der Waals surface area contributed by atoms with Gasteiger partial charge >= 0.3 is 0 Å². The molecule has 1 saturated heterocycles. The van der Waals surface area contributed by atoms with Crippen molar-refractivity contribution in [2.75, 3.05) is 24.6 Å². The molecule has 0 amide bonds. The fraction of sp³-hybridized carbons (Fsp3) is 0.333. The van der Waals surface area contributed by atoms with E-state index in [9.17, 15) is 0 Å². The highest BCUT2D eigenvalue weighted by Gasteiger charge is 2.20. The van der Waals surface area contributed by atoms with Crippen molar-refractivity contribution in [3.05, 3.63) is 53.9 Å². The number of nitrogens with one attached hydrogen (secondary N) is 1. The van der Waals surface area contributed by atoms with Gasteiger partial charge in [0.2, 0.25) is 5.95 Å². The molecule has 2 heterocycles. The largest absolute Gasteiger partial charge is 0.375 e. The number of fused-ring (bicyclic) bond motifs is 1.